The number of anilines is 1. The van der Waals surface area contributed by atoms with Crippen LogP contribution in [0.15, 0.2) is 47.4 Å². The summed E-state index contributed by atoms with van der Waals surface area (Å²) in [5, 5.41) is 0. The molecular weight excluding hydrogens is 316 g/mol. The molecule has 3 aromatic rings. The summed E-state index contributed by atoms with van der Waals surface area (Å²) >= 11 is 0. The van der Waals surface area contributed by atoms with Crippen LogP contribution in [-0.2, 0) is 0 Å². The normalized spacial score (nSPS) is 15.6. The number of carbonyl (C=O) groups is 1. The van der Waals surface area contributed by atoms with Crippen LogP contribution in [0.2, 0.25) is 0 Å². The van der Waals surface area contributed by atoms with Crippen molar-refractivity contribution < 1.29 is 4.79 Å². The SMILES string of the molecule is CC(=O)c1ccc(N2CCC(n3c(=O)[nH]c4ccccc43)CC2)nc1. The number of carbonyl (C=O) groups excluding carboxylic acids is 1. The second-order valence-corrected chi connectivity index (χ2v) is 6.50. The van der Waals surface area contributed by atoms with Gasteiger partial charge in [0.15, 0.2) is 5.78 Å². The van der Waals surface area contributed by atoms with E-state index in [4.69, 9.17) is 0 Å². The number of ketones is 1. The van der Waals surface area contributed by atoms with Gasteiger partial charge >= 0.3 is 5.69 Å². The van der Waals surface area contributed by atoms with Crippen LogP contribution in [0.5, 0.6) is 0 Å². The van der Waals surface area contributed by atoms with Crippen molar-refractivity contribution in [3.8, 4) is 0 Å². The van der Waals surface area contributed by atoms with Gasteiger partial charge in [0.2, 0.25) is 0 Å². The molecule has 25 heavy (non-hydrogen) atoms. The molecule has 0 amide bonds. The highest BCUT2D eigenvalue weighted by Crippen LogP contribution is 2.27. The number of nitrogens with zero attached hydrogens (tertiary/aromatic N) is 3. The molecule has 1 saturated heterocycles. The fourth-order valence-corrected chi connectivity index (χ4v) is 3.57. The van der Waals surface area contributed by atoms with Gasteiger partial charge in [0.05, 0.1) is 11.0 Å². The molecular formula is C19H20N4O2. The van der Waals surface area contributed by atoms with E-state index in [0.717, 1.165) is 42.8 Å². The minimum Gasteiger partial charge on any atom is -0.356 e. The van der Waals surface area contributed by atoms with Crippen LogP contribution < -0.4 is 10.6 Å². The van der Waals surface area contributed by atoms with Crippen molar-refractivity contribution in [2.45, 2.75) is 25.8 Å². The fourth-order valence-electron chi connectivity index (χ4n) is 3.57. The largest absolute Gasteiger partial charge is 0.356 e. The Balaban J connectivity index is 1.52. The molecule has 4 rings (SSSR count). The second-order valence-electron chi connectivity index (χ2n) is 6.50. The lowest BCUT2D eigenvalue weighted by Crippen LogP contribution is -2.37. The Bertz CT molecular complexity index is 963. The molecule has 1 N–H and O–H groups in total. The van der Waals surface area contributed by atoms with E-state index in [0.29, 0.717) is 5.56 Å². The number of piperidine rings is 1. The van der Waals surface area contributed by atoms with Gasteiger partial charge in [0.25, 0.3) is 0 Å². The fraction of sp³-hybridized carbons (Fsp3) is 0.316. The number of aromatic nitrogens is 3. The number of fused-ring (bicyclic) bond motifs is 1. The van der Waals surface area contributed by atoms with Crippen LogP contribution in [0.3, 0.4) is 0 Å². The lowest BCUT2D eigenvalue weighted by atomic mass is 10.0. The van der Waals surface area contributed by atoms with Crippen LogP contribution in [0.25, 0.3) is 11.0 Å². The Morgan fingerprint density at radius 2 is 1.92 bits per heavy atom. The number of aromatic amines is 1. The van der Waals surface area contributed by atoms with E-state index in [1.165, 1.54) is 0 Å². The van der Waals surface area contributed by atoms with Gasteiger partial charge in [-0.15, -0.1) is 0 Å². The number of hydrogen-bond donors (Lipinski definition) is 1. The van der Waals surface area contributed by atoms with E-state index in [1.54, 1.807) is 13.1 Å². The summed E-state index contributed by atoms with van der Waals surface area (Å²) in [6, 6.07) is 11.7. The Kier molecular flexibility index (Phi) is 3.87. The zero-order chi connectivity index (χ0) is 17.4. The van der Waals surface area contributed by atoms with E-state index in [1.807, 2.05) is 41.0 Å². The maximum atomic E-state index is 12.3. The smallest absolute Gasteiger partial charge is 0.326 e. The number of pyridine rings is 1. The minimum absolute atomic E-state index is 0.0245. The molecule has 0 atom stereocenters. The number of nitrogens with one attached hydrogen (secondary N) is 1. The first kappa shape index (κ1) is 15.6. The molecule has 6 nitrogen and oxygen atoms in total. The Hall–Kier alpha value is -2.89. The number of H-pyrrole nitrogens is 1. The van der Waals surface area contributed by atoms with E-state index in [2.05, 4.69) is 14.9 Å². The third kappa shape index (κ3) is 2.84. The van der Waals surface area contributed by atoms with Crippen LogP contribution in [0.1, 0.15) is 36.2 Å². The lowest BCUT2D eigenvalue weighted by Gasteiger charge is -2.33. The average Bonchev–Trinajstić information content (AvgIpc) is 2.97. The highest BCUT2D eigenvalue weighted by molar-refractivity contribution is 5.93. The highest BCUT2D eigenvalue weighted by atomic mass is 16.1. The zero-order valence-corrected chi connectivity index (χ0v) is 14.1. The molecule has 0 saturated carbocycles. The Morgan fingerprint density at radius 3 is 2.60 bits per heavy atom. The molecule has 0 aliphatic carbocycles. The Labute approximate surface area is 145 Å². The van der Waals surface area contributed by atoms with Crippen LogP contribution in [0.4, 0.5) is 5.82 Å². The van der Waals surface area contributed by atoms with Gasteiger partial charge in [-0.2, -0.15) is 0 Å². The van der Waals surface area contributed by atoms with Gasteiger partial charge in [0.1, 0.15) is 5.82 Å². The van der Waals surface area contributed by atoms with Gasteiger partial charge in [-0.05, 0) is 44.0 Å². The number of benzene rings is 1. The van der Waals surface area contributed by atoms with Crippen LogP contribution in [0, 0.1) is 0 Å². The van der Waals surface area contributed by atoms with Gasteiger partial charge in [-0.25, -0.2) is 9.78 Å². The summed E-state index contributed by atoms with van der Waals surface area (Å²) in [5.74, 6) is 0.909. The molecule has 1 aliphatic rings. The van der Waals surface area contributed by atoms with E-state index in [9.17, 15) is 9.59 Å². The van der Waals surface area contributed by atoms with Crippen molar-refractivity contribution >= 4 is 22.6 Å². The summed E-state index contributed by atoms with van der Waals surface area (Å²) in [5.41, 5.74) is 2.44. The number of Topliss-reactive ketones (excluding diaryl/α,β-unsaturated/α-hetero) is 1. The van der Waals surface area contributed by atoms with Gasteiger partial charge in [-0.1, -0.05) is 12.1 Å². The minimum atomic E-state index is -0.0383. The second kappa shape index (κ2) is 6.20. The average molecular weight is 336 g/mol. The van der Waals surface area contributed by atoms with E-state index in [-0.39, 0.29) is 17.5 Å². The molecule has 1 fully saturated rings. The first-order chi connectivity index (χ1) is 12.1. The molecule has 3 heterocycles. The van der Waals surface area contributed by atoms with Crippen LogP contribution in [-0.4, -0.2) is 33.4 Å². The number of imidazole rings is 1. The Morgan fingerprint density at radius 1 is 1.16 bits per heavy atom. The number of para-hydroxylation sites is 2. The lowest BCUT2D eigenvalue weighted by molar-refractivity contribution is 0.101. The third-order valence-electron chi connectivity index (χ3n) is 4.93. The summed E-state index contributed by atoms with van der Waals surface area (Å²) in [4.78, 5) is 33.2. The summed E-state index contributed by atoms with van der Waals surface area (Å²) in [6.07, 6.45) is 3.41. The van der Waals surface area contributed by atoms with E-state index >= 15 is 0 Å². The predicted molar refractivity (Wildman–Crippen MR) is 97.3 cm³/mol. The van der Waals surface area contributed by atoms with Gasteiger partial charge in [0, 0.05) is 30.9 Å². The molecule has 0 radical (unpaired) electrons. The van der Waals surface area contributed by atoms with Crippen molar-refractivity contribution in [1.82, 2.24) is 14.5 Å². The standard InChI is InChI=1S/C19H20N4O2/c1-13(24)14-6-7-18(20-12-14)22-10-8-15(9-11-22)23-17-5-3-2-4-16(17)21-19(23)25/h2-7,12,15H,8-11H2,1H3,(H,21,25). The number of hydrogen-bond acceptors (Lipinski definition) is 4. The predicted octanol–water partition coefficient (Wildman–Crippen LogP) is 2.77. The van der Waals surface area contributed by atoms with Gasteiger partial charge < -0.3 is 9.88 Å². The first-order valence-electron chi connectivity index (χ1n) is 8.54. The summed E-state index contributed by atoms with van der Waals surface area (Å²) < 4.78 is 1.89. The first-order valence-corrected chi connectivity index (χ1v) is 8.54. The topological polar surface area (TPSA) is 71.0 Å². The molecule has 0 spiro atoms. The van der Waals surface area contributed by atoms with Crippen molar-refractivity contribution in [1.29, 1.82) is 0 Å². The molecule has 6 heteroatoms. The van der Waals surface area contributed by atoms with Crippen molar-refractivity contribution in [2.24, 2.45) is 0 Å². The van der Waals surface area contributed by atoms with Crippen molar-refractivity contribution in [2.75, 3.05) is 18.0 Å². The molecule has 1 aromatic carbocycles. The number of rotatable bonds is 3. The van der Waals surface area contributed by atoms with Crippen molar-refractivity contribution in [3.05, 3.63) is 58.6 Å². The molecule has 128 valence electrons. The molecule has 1 aliphatic heterocycles. The highest BCUT2D eigenvalue weighted by Gasteiger charge is 2.24. The van der Waals surface area contributed by atoms with Crippen LogP contribution >= 0.6 is 0 Å². The van der Waals surface area contributed by atoms with Crippen molar-refractivity contribution in [3.63, 3.8) is 0 Å². The van der Waals surface area contributed by atoms with E-state index < -0.39 is 0 Å². The third-order valence-corrected chi connectivity index (χ3v) is 4.93. The monoisotopic (exact) mass is 336 g/mol. The summed E-state index contributed by atoms with van der Waals surface area (Å²) in [6.45, 7) is 3.22. The molecule has 2 aromatic heterocycles. The zero-order valence-electron chi connectivity index (χ0n) is 14.1. The maximum Gasteiger partial charge on any atom is 0.326 e. The summed E-state index contributed by atoms with van der Waals surface area (Å²) in [7, 11) is 0. The maximum absolute atomic E-state index is 12.3. The quantitative estimate of drug-likeness (QED) is 0.747. The molecule has 0 bridgehead atoms. The molecule has 0 unspecified atom stereocenters. The van der Waals surface area contributed by atoms with Gasteiger partial charge in [-0.3, -0.25) is 9.36 Å².